The molecule has 0 aliphatic carbocycles. The van der Waals surface area contributed by atoms with Crippen LogP contribution in [0.4, 0.5) is 11.4 Å². The third-order valence-electron chi connectivity index (χ3n) is 3.83. The number of pyridine rings is 2. The van der Waals surface area contributed by atoms with E-state index in [2.05, 4.69) is 25.4 Å². The Morgan fingerprint density at radius 1 is 1.37 bits per heavy atom. The standard InChI is InChI=1S/C18H22N8O/c1-4-27-18-12(6-5-7-21-18)13-8-14(16(20)17(24-13)11(2)19)22-9-15-23-10-26(3)25-15/h5-8,10,19H,4,9,20H2,1-3H3,(H,22,24). The van der Waals surface area contributed by atoms with Gasteiger partial charge in [0.2, 0.25) is 5.88 Å². The number of aromatic nitrogens is 5. The van der Waals surface area contributed by atoms with Crippen molar-refractivity contribution in [2.45, 2.75) is 20.4 Å². The molecule has 0 unspecified atom stereocenters. The normalized spacial score (nSPS) is 10.6. The quantitative estimate of drug-likeness (QED) is 0.547. The molecule has 0 aliphatic rings. The molecule has 3 aromatic rings. The van der Waals surface area contributed by atoms with Crippen LogP contribution in [-0.4, -0.2) is 37.1 Å². The summed E-state index contributed by atoms with van der Waals surface area (Å²) in [4.78, 5) is 13.0. The fourth-order valence-corrected chi connectivity index (χ4v) is 2.60. The highest BCUT2D eigenvalue weighted by Crippen LogP contribution is 2.32. The van der Waals surface area contributed by atoms with Crippen molar-refractivity contribution < 1.29 is 4.74 Å². The lowest BCUT2D eigenvalue weighted by atomic mass is 10.1. The van der Waals surface area contributed by atoms with Gasteiger partial charge in [0, 0.05) is 13.2 Å². The molecular weight excluding hydrogens is 344 g/mol. The van der Waals surface area contributed by atoms with Gasteiger partial charge in [0.25, 0.3) is 0 Å². The van der Waals surface area contributed by atoms with Crippen LogP contribution in [0.1, 0.15) is 25.4 Å². The first-order valence-electron chi connectivity index (χ1n) is 8.52. The van der Waals surface area contributed by atoms with Crippen molar-refractivity contribution in [2.75, 3.05) is 17.7 Å². The third kappa shape index (κ3) is 4.02. The molecule has 9 heteroatoms. The molecule has 3 aromatic heterocycles. The summed E-state index contributed by atoms with van der Waals surface area (Å²) in [6, 6.07) is 5.52. The summed E-state index contributed by atoms with van der Waals surface area (Å²) in [6.07, 6.45) is 3.30. The summed E-state index contributed by atoms with van der Waals surface area (Å²) in [5.74, 6) is 1.13. The molecule has 0 amide bonds. The minimum atomic E-state index is 0.273. The number of nitrogens with zero attached hydrogens (tertiary/aromatic N) is 5. The molecule has 0 saturated heterocycles. The largest absolute Gasteiger partial charge is 0.477 e. The molecule has 3 heterocycles. The number of nitrogens with two attached hydrogens (primary N) is 1. The number of hydrogen-bond acceptors (Lipinski definition) is 8. The van der Waals surface area contributed by atoms with Crippen molar-refractivity contribution in [2.24, 2.45) is 7.05 Å². The Kier molecular flexibility index (Phi) is 5.30. The van der Waals surface area contributed by atoms with Gasteiger partial charge in [0.05, 0.1) is 41.5 Å². The van der Waals surface area contributed by atoms with Crippen molar-refractivity contribution in [1.82, 2.24) is 24.7 Å². The smallest absolute Gasteiger partial charge is 0.222 e. The van der Waals surface area contributed by atoms with Gasteiger partial charge < -0.3 is 21.2 Å². The molecule has 3 rings (SSSR count). The van der Waals surface area contributed by atoms with Crippen LogP contribution >= 0.6 is 0 Å². The van der Waals surface area contributed by atoms with Gasteiger partial charge in [-0.2, -0.15) is 5.10 Å². The lowest BCUT2D eigenvalue weighted by molar-refractivity contribution is 0.328. The van der Waals surface area contributed by atoms with Crippen LogP contribution in [0.5, 0.6) is 5.88 Å². The fraction of sp³-hybridized carbons (Fsp3) is 0.278. The molecule has 9 nitrogen and oxygen atoms in total. The third-order valence-corrected chi connectivity index (χ3v) is 3.83. The highest BCUT2D eigenvalue weighted by Gasteiger charge is 2.16. The van der Waals surface area contributed by atoms with E-state index in [1.165, 1.54) is 0 Å². The SMILES string of the molecule is CCOc1ncccc1-c1cc(NCc2ncn(C)n2)c(N)c(C(C)=N)n1. The van der Waals surface area contributed by atoms with Crippen LogP contribution in [-0.2, 0) is 13.6 Å². The number of hydrogen-bond donors (Lipinski definition) is 3. The average molecular weight is 366 g/mol. The zero-order chi connectivity index (χ0) is 19.4. The van der Waals surface area contributed by atoms with Gasteiger partial charge >= 0.3 is 0 Å². The molecule has 0 fully saturated rings. The van der Waals surface area contributed by atoms with Crippen LogP contribution in [0.2, 0.25) is 0 Å². The Bertz CT molecular complexity index is 966. The van der Waals surface area contributed by atoms with Gasteiger partial charge in [0.15, 0.2) is 5.82 Å². The number of rotatable bonds is 7. The fourth-order valence-electron chi connectivity index (χ4n) is 2.60. The van der Waals surface area contributed by atoms with Crippen LogP contribution in [0.15, 0.2) is 30.7 Å². The second kappa shape index (κ2) is 7.81. The van der Waals surface area contributed by atoms with E-state index >= 15 is 0 Å². The molecule has 0 saturated carbocycles. The molecule has 0 bridgehead atoms. The zero-order valence-corrected chi connectivity index (χ0v) is 15.5. The molecule has 0 aromatic carbocycles. The Labute approximate surface area is 157 Å². The van der Waals surface area contributed by atoms with E-state index in [4.69, 9.17) is 15.9 Å². The Hall–Kier alpha value is -3.49. The van der Waals surface area contributed by atoms with Crippen molar-refractivity contribution in [1.29, 1.82) is 5.41 Å². The average Bonchev–Trinajstić information content (AvgIpc) is 3.07. The Balaban J connectivity index is 2.02. The minimum Gasteiger partial charge on any atom is -0.477 e. The molecule has 140 valence electrons. The van der Waals surface area contributed by atoms with E-state index < -0.39 is 0 Å². The molecule has 0 spiro atoms. The lowest BCUT2D eigenvalue weighted by Gasteiger charge is -2.15. The van der Waals surface area contributed by atoms with Crippen molar-refractivity contribution >= 4 is 17.1 Å². The second-order valence-corrected chi connectivity index (χ2v) is 5.92. The first kappa shape index (κ1) is 18.3. The summed E-state index contributed by atoms with van der Waals surface area (Å²) in [5.41, 5.74) is 9.34. The maximum absolute atomic E-state index is 8.02. The monoisotopic (exact) mass is 366 g/mol. The van der Waals surface area contributed by atoms with Gasteiger partial charge in [-0.05, 0) is 32.0 Å². The predicted molar refractivity (Wildman–Crippen MR) is 104 cm³/mol. The highest BCUT2D eigenvalue weighted by atomic mass is 16.5. The molecule has 0 aliphatic heterocycles. The maximum atomic E-state index is 8.02. The lowest BCUT2D eigenvalue weighted by Crippen LogP contribution is -2.11. The number of anilines is 2. The minimum absolute atomic E-state index is 0.273. The summed E-state index contributed by atoms with van der Waals surface area (Å²) in [7, 11) is 1.81. The topological polar surface area (TPSA) is 128 Å². The predicted octanol–water partition coefficient (Wildman–Crippen LogP) is 2.25. The number of nitrogen functional groups attached to an aromatic ring is 1. The summed E-state index contributed by atoms with van der Waals surface area (Å²) in [5, 5.41) is 15.5. The van der Waals surface area contributed by atoms with E-state index in [1.54, 1.807) is 24.1 Å². The summed E-state index contributed by atoms with van der Waals surface area (Å²) < 4.78 is 7.25. The van der Waals surface area contributed by atoms with Crippen LogP contribution in [0.3, 0.4) is 0 Å². The van der Waals surface area contributed by atoms with E-state index in [1.807, 2.05) is 32.2 Å². The first-order valence-corrected chi connectivity index (χ1v) is 8.52. The van der Waals surface area contributed by atoms with Gasteiger partial charge in [-0.15, -0.1) is 0 Å². The molecular formula is C18H22N8O. The van der Waals surface area contributed by atoms with Gasteiger partial charge in [-0.25, -0.2) is 15.0 Å². The maximum Gasteiger partial charge on any atom is 0.222 e. The number of aryl methyl sites for hydroxylation is 1. The summed E-state index contributed by atoms with van der Waals surface area (Å²) >= 11 is 0. The molecule has 0 radical (unpaired) electrons. The summed E-state index contributed by atoms with van der Waals surface area (Å²) in [6.45, 7) is 4.44. The van der Waals surface area contributed by atoms with E-state index in [9.17, 15) is 0 Å². The van der Waals surface area contributed by atoms with Gasteiger partial charge in [0.1, 0.15) is 12.0 Å². The van der Waals surface area contributed by atoms with Crippen molar-refractivity contribution in [3.05, 3.63) is 42.2 Å². The Morgan fingerprint density at radius 3 is 2.85 bits per heavy atom. The molecule has 0 atom stereocenters. The van der Waals surface area contributed by atoms with Crippen LogP contribution < -0.4 is 15.8 Å². The number of ether oxygens (including phenoxy) is 1. The van der Waals surface area contributed by atoms with Crippen molar-refractivity contribution in [3.63, 3.8) is 0 Å². The zero-order valence-electron chi connectivity index (χ0n) is 15.5. The molecule has 27 heavy (non-hydrogen) atoms. The first-order chi connectivity index (χ1) is 13.0. The van der Waals surface area contributed by atoms with E-state index in [0.717, 1.165) is 5.56 Å². The van der Waals surface area contributed by atoms with Crippen molar-refractivity contribution in [3.8, 4) is 17.1 Å². The second-order valence-electron chi connectivity index (χ2n) is 5.92. The van der Waals surface area contributed by atoms with E-state index in [0.29, 0.717) is 47.6 Å². The highest BCUT2D eigenvalue weighted by molar-refractivity contribution is 6.02. The molecule has 4 N–H and O–H groups in total. The van der Waals surface area contributed by atoms with Gasteiger partial charge in [-0.3, -0.25) is 4.68 Å². The Morgan fingerprint density at radius 2 is 2.19 bits per heavy atom. The number of nitrogens with one attached hydrogen (secondary N) is 2. The van der Waals surface area contributed by atoms with Gasteiger partial charge in [-0.1, -0.05) is 0 Å². The van der Waals surface area contributed by atoms with E-state index in [-0.39, 0.29) is 5.71 Å². The van der Waals surface area contributed by atoms with Crippen LogP contribution in [0, 0.1) is 5.41 Å². The van der Waals surface area contributed by atoms with Crippen LogP contribution in [0.25, 0.3) is 11.3 Å².